The Morgan fingerprint density at radius 3 is 2.89 bits per heavy atom. The molecular weight excluding hydrogens is 119 g/mol. The molecule has 0 aromatic rings. The van der Waals surface area contributed by atoms with Crippen molar-refractivity contribution in [2.24, 2.45) is 0 Å². The first-order chi connectivity index (χ1) is 4.20. The topological polar surface area (TPSA) is 20.2 Å². The van der Waals surface area contributed by atoms with Crippen molar-refractivity contribution in [1.29, 1.82) is 0 Å². The van der Waals surface area contributed by atoms with Gasteiger partial charge in [0.1, 0.15) is 5.76 Å². The van der Waals surface area contributed by atoms with Crippen molar-refractivity contribution in [3.05, 3.63) is 23.5 Å². The number of hydrogen-bond donors (Lipinski definition) is 1. The van der Waals surface area contributed by atoms with E-state index in [1.807, 2.05) is 6.92 Å². The summed E-state index contributed by atoms with van der Waals surface area (Å²) in [5.74, 6) is -0.144. The highest BCUT2D eigenvalue weighted by Gasteiger charge is 2.13. The number of aliphatic hydroxyl groups excluding tert-OH is 1. The summed E-state index contributed by atoms with van der Waals surface area (Å²) >= 11 is 0. The van der Waals surface area contributed by atoms with Crippen LogP contribution in [0.1, 0.15) is 13.3 Å². The monoisotopic (exact) mass is 128 g/mol. The first-order valence-electron chi connectivity index (χ1n) is 2.91. The molecule has 0 spiro atoms. The van der Waals surface area contributed by atoms with Crippen LogP contribution in [0.3, 0.4) is 0 Å². The maximum absolute atomic E-state index is 12.4. The van der Waals surface area contributed by atoms with E-state index in [0.29, 0.717) is 6.42 Å². The predicted octanol–water partition coefficient (Wildman–Crippen LogP) is 2.12. The molecule has 9 heavy (non-hydrogen) atoms. The van der Waals surface area contributed by atoms with Gasteiger partial charge in [0.25, 0.3) is 0 Å². The second-order valence-corrected chi connectivity index (χ2v) is 2.22. The summed E-state index contributed by atoms with van der Waals surface area (Å²) in [4.78, 5) is 0. The lowest BCUT2D eigenvalue weighted by molar-refractivity contribution is 0.258. The van der Waals surface area contributed by atoms with Crippen molar-refractivity contribution < 1.29 is 9.50 Å². The molecule has 1 aliphatic rings. The van der Waals surface area contributed by atoms with Gasteiger partial charge in [0.15, 0.2) is 6.17 Å². The average molecular weight is 128 g/mol. The molecule has 0 aromatic heterocycles. The minimum absolute atomic E-state index is 0.144. The van der Waals surface area contributed by atoms with Gasteiger partial charge in [-0.1, -0.05) is 11.6 Å². The highest BCUT2D eigenvalue weighted by atomic mass is 19.1. The van der Waals surface area contributed by atoms with Crippen LogP contribution < -0.4 is 0 Å². The van der Waals surface area contributed by atoms with Crippen LogP contribution in [0.2, 0.25) is 0 Å². The molecule has 0 fully saturated rings. The minimum Gasteiger partial charge on any atom is -0.509 e. The Kier molecular flexibility index (Phi) is 1.56. The zero-order valence-corrected chi connectivity index (χ0v) is 5.26. The fraction of sp³-hybridized carbons (Fsp3) is 0.429. The lowest BCUT2D eigenvalue weighted by Gasteiger charge is -2.09. The summed E-state index contributed by atoms with van der Waals surface area (Å²) in [6, 6.07) is 0. The SMILES string of the molecule is CC1=CCC(F)C(O)=C1. The summed E-state index contributed by atoms with van der Waals surface area (Å²) < 4.78 is 12.4. The quantitative estimate of drug-likeness (QED) is 0.529. The number of allylic oxidation sites excluding steroid dienone is 4. The summed E-state index contributed by atoms with van der Waals surface area (Å²) in [7, 11) is 0. The van der Waals surface area contributed by atoms with E-state index in [1.54, 1.807) is 6.08 Å². The molecular formula is C7H9FO. The van der Waals surface area contributed by atoms with Crippen LogP contribution in [0, 0.1) is 0 Å². The Hall–Kier alpha value is -0.790. The van der Waals surface area contributed by atoms with E-state index in [2.05, 4.69) is 0 Å². The minimum atomic E-state index is -1.17. The van der Waals surface area contributed by atoms with Crippen molar-refractivity contribution in [2.75, 3.05) is 0 Å². The van der Waals surface area contributed by atoms with Crippen molar-refractivity contribution >= 4 is 0 Å². The fourth-order valence-electron chi connectivity index (χ4n) is 0.793. The average Bonchev–Trinajstić information content (AvgIpc) is 1.80. The van der Waals surface area contributed by atoms with Gasteiger partial charge >= 0.3 is 0 Å². The molecule has 0 saturated heterocycles. The standard InChI is InChI=1S/C7H9FO/c1-5-2-3-6(8)7(9)4-5/h2,4,6,9H,3H2,1H3. The van der Waals surface area contributed by atoms with Crippen molar-refractivity contribution in [1.82, 2.24) is 0 Å². The van der Waals surface area contributed by atoms with Gasteiger partial charge in [-0.05, 0) is 13.0 Å². The highest BCUT2D eigenvalue weighted by Crippen LogP contribution is 2.17. The molecule has 2 heteroatoms. The van der Waals surface area contributed by atoms with E-state index in [9.17, 15) is 4.39 Å². The van der Waals surface area contributed by atoms with Gasteiger partial charge in [0, 0.05) is 6.42 Å². The zero-order valence-electron chi connectivity index (χ0n) is 5.26. The molecule has 1 unspecified atom stereocenters. The molecule has 50 valence electrons. The molecule has 0 amide bonds. The maximum atomic E-state index is 12.4. The maximum Gasteiger partial charge on any atom is 0.160 e. The number of halogens is 1. The predicted molar refractivity (Wildman–Crippen MR) is 34.0 cm³/mol. The van der Waals surface area contributed by atoms with E-state index in [0.717, 1.165) is 5.57 Å². The second-order valence-electron chi connectivity index (χ2n) is 2.22. The molecule has 1 nitrogen and oxygen atoms in total. The van der Waals surface area contributed by atoms with Crippen LogP contribution in [0.15, 0.2) is 23.5 Å². The molecule has 1 N–H and O–H groups in total. The normalized spacial score (nSPS) is 27.1. The van der Waals surface area contributed by atoms with Crippen molar-refractivity contribution in [3.8, 4) is 0 Å². The van der Waals surface area contributed by atoms with E-state index in [4.69, 9.17) is 5.11 Å². The van der Waals surface area contributed by atoms with E-state index >= 15 is 0 Å². The van der Waals surface area contributed by atoms with E-state index in [-0.39, 0.29) is 5.76 Å². The van der Waals surface area contributed by atoms with Crippen LogP contribution in [0.5, 0.6) is 0 Å². The molecule has 0 bridgehead atoms. The summed E-state index contributed by atoms with van der Waals surface area (Å²) in [5, 5.41) is 8.79. The number of hydrogen-bond acceptors (Lipinski definition) is 1. The van der Waals surface area contributed by atoms with Gasteiger partial charge in [0.05, 0.1) is 0 Å². The van der Waals surface area contributed by atoms with Crippen LogP contribution >= 0.6 is 0 Å². The zero-order chi connectivity index (χ0) is 6.85. The molecule has 1 atom stereocenters. The largest absolute Gasteiger partial charge is 0.509 e. The van der Waals surface area contributed by atoms with E-state index in [1.165, 1.54) is 6.08 Å². The lowest BCUT2D eigenvalue weighted by atomic mass is 10.1. The van der Waals surface area contributed by atoms with Crippen molar-refractivity contribution in [3.63, 3.8) is 0 Å². The second kappa shape index (κ2) is 2.21. The Morgan fingerprint density at radius 2 is 2.44 bits per heavy atom. The first kappa shape index (κ1) is 6.33. The smallest absolute Gasteiger partial charge is 0.160 e. The van der Waals surface area contributed by atoms with Crippen LogP contribution in [-0.2, 0) is 0 Å². The third kappa shape index (κ3) is 1.31. The molecule has 1 rings (SSSR count). The van der Waals surface area contributed by atoms with Crippen LogP contribution in [0.25, 0.3) is 0 Å². The Labute approximate surface area is 53.5 Å². The highest BCUT2D eigenvalue weighted by molar-refractivity contribution is 5.25. The first-order valence-corrected chi connectivity index (χ1v) is 2.91. The van der Waals surface area contributed by atoms with Gasteiger partial charge in [-0.3, -0.25) is 0 Å². The number of aliphatic hydroxyl groups is 1. The Bertz CT molecular complexity index is 170. The molecule has 0 aliphatic heterocycles. The third-order valence-electron chi connectivity index (χ3n) is 1.34. The number of rotatable bonds is 0. The molecule has 0 heterocycles. The van der Waals surface area contributed by atoms with Crippen molar-refractivity contribution in [2.45, 2.75) is 19.5 Å². The third-order valence-corrected chi connectivity index (χ3v) is 1.34. The van der Waals surface area contributed by atoms with Gasteiger partial charge in [-0.25, -0.2) is 4.39 Å². The Morgan fingerprint density at radius 1 is 1.78 bits per heavy atom. The van der Waals surface area contributed by atoms with Gasteiger partial charge < -0.3 is 5.11 Å². The van der Waals surface area contributed by atoms with Crippen LogP contribution in [0.4, 0.5) is 4.39 Å². The summed E-state index contributed by atoms with van der Waals surface area (Å²) in [6.07, 6.45) is 2.36. The molecule has 0 saturated carbocycles. The summed E-state index contributed by atoms with van der Waals surface area (Å²) in [6.45, 7) is 1.84. The van der Waals surface area contributed by atoms with E-state index < -0.39 is 6.17 Å². The van der Waals surface area contributed by atoms with Gasteiger partial charge in [0.2, 0.25) is 0 Å². The summed E-state index contributed by atoms with van der Waals surface area (Å²) in [5.41, 5.74) is 0.932. The Balaban J connectivity index is 2.74. The fourth-order valence-corrected chi connectivity index (χ4v) is 0.793. The lowest BCUT2D eigenvalue weighted by Crippen LogP contribution is -2.06. The molecule has 0 radical (unpaired) electrons. The van der Waals surface area contributed by atoms with Gasteiger partial charge in [-0.2, -0.15) is 0 Å². The number of alkyl halides is 1. The van der Waals surface area contributed by atoms with Crippen LogP contribution in [-0.4, -0.2) is 11.3 Å². The van der Waals surface area contributed by atoms with Gasteiger partial charge in [-0.15, -0.1) is 0 Å². The molecule has 0 aromatic carbocycles. The molecule has 1 aliphatic carbocycles.